The molecule has 4 aromatic heterocycles. The van der Waals surface area contributed by atoms with Gasteiger partial charge in [-0.2, -0.15) is 0 Å². The summed E-state index contributed by atoms with van der Waals surface area (Å²) in [5.74, 6) is 1.33. The van der Waals surface area contributed by atoms with Gasteiger partial charge in [-0.3, -0.25) is 4.40 Å². The van der Waals surface area contributed by atoms with E-state index in [0.29, 0.717) is 11.7 Å². The van der Waals surface area contributed by atoms with Crippen LogP contribution in [0.4, 0.5) is 5.95 Å². The molecule has 0 amide bonds. The number of rotatable bonds is 4. The number of anilines is 1. The molecular weight excluding hydrogens is 278 g/mol. The Hall–Kier alpha value is -2.96. The van der Waals surface area contributed by atoms with Gasteiger partial charge in [0.25, 0.3) is 0 Å². The maximum Gasteiger partial charge on any atom is 0.240 e. The molecule has 4 aromatic rings. The molecule has 0 fully saturated rings. The molecule has 0 radical (unpaired) electrons. The first-order valence-electron chi connectivity index (χ1n) is 7.22. The quantitative estimate of drug-likeness (QED) is 0.625. The number of nitrogens with one attached hydrogen (secondary N) is 1. The van der Waals surface area contributed by atoms with Crippen LogP contribution in [0.2, 0.25) is 0 Å². The van der Waals surface area contributed by atoms with E-state index in [1.165, 1.54) is 0 Å². The predicted octanol–water partition coefficient (Wildman–Crippen LogP) is 2.26. The molecule has 0 saturated heterocycles. The van der Waals surface area contributed by atoms with Crippen molar-refractivity contribution in [3.8, 4) is 11.1 Å². The van der Waals surface area contributed by atoms with E-state index < -0.39 is 0 Å². The average Bonchev–Trinajstić information content (AvgIpc) is 3.18. The second kappa shape index (κ2) is 5.10. The summed E-state index contributed by atoms with van der Waals surface area (Å²) in [5, 5.41) is 7.65. The van der Waals surface area contributed by atoms with E-state index in [2.05, 4.69) is 32.3 Å². The van der Waals surface area contributed by atoms with Gasteiger partial charge >= 0.3 is 0 Å². The van der Waals surface area contributed by atoms with Gasteiger partial charge in [-0.25, -0.2) is 19.5 Å². The van der Waals surface area contributed by atoms with Gasteiger partial charge in [-0.05, 0) is 12.5 Å². The van der Waals surface area contributed by atoms with E-state index in [9.17, 15) is 0 Å². The summed E-state index contributed by atoms with van der Waals surface area (Å²) >= 11 is 0. The Balaban J connectivity index is 1.77. The summed E-state index contributed by atoms with van der Waals surface area (Å²) in [4.78, 5) is 12.9. The highest BCUT2D eigenvalue weighted by atomic mass is 15.3. The molecule has 0 saturated carbocycles. The number of nitrogens with zero attached hydrogens (tertiary/aromatic N) is 6. The zero-order valence-electron chi connectivity index (χ0n) is 12.1. The molecule has 1 N–H and O–H groups in total. The minimum absolute atomic E-state index is 0.639. The second-order valence-electron chi connectivity index (χ2n) is 5.04. The maximum absolute atomic E-state index is 4.47. The molecule has 0 aliphatic rings. The van der Waals surface area contributed by atoms with Gasteiger partial charge in [0.05, 0.1) is 11.7 Å². The van der Waals surface area contributed by atoms with Crippen LogP contribution in [0.15, 0.2) is 43.2 Å². The molecule has 0 spiro atoms. The fourth-order valence-corrected chi connectivity index (χ4v) is 2.42. The van der Waals surface area contributed by atoms with Gasteiger partial charge in [0.2, 0.25) is 11.7 Å². The predicted molar refractivity (Wildman–Crippen MR) is 83.7 cm³/mol. The fourth-order valence-electron chi connectivity index (χ4n) is 2.42. The first-order valence-corrected chi connectivity index (χ1v) is 7.22. The molecule has 4 rings (SSSR count). The van der Waals surface area contributed by atoms with Crippen molar-refractivity contribution in [1.82, 2.24) is 29.0 Å². The average molecular weight is 293 g/mol. The van der Waals surface area contributed by atoms with Crippen molar-refractivity contribution in [3.05, 3.63) is 43.2 Å². The summed E-state index contributed by atoms with van der Waals surface area (Å²) in [6.07, 6.45) is 12.2. The smallest absolute Gasteiger partial charge is 0.240 e. The largest absolute Gasteiger partial charge is 0.353 e. The van der Waals surface area contributed by atoms with Crippen LogP contribution in [0, 0.1) is 0 Å². The van der Waals surface area contributed by atoms with E-state index >= 15 is 0 Å². The van der Waals surface area contributed by atoms with Gasteiger partial charge in [0, 0.05) is 48.7 Å². The first-order chi connectivity index (χ1) is 10.8. The Morgan fingerprint density at radius 3 is 3.00 bits per heavy atom. The number of hydrogen-bond donors (Lipinski definition) is 1. The molecular formula is C15H15N7. The molecule has 0 aromatic carbocycles. The minimum Gasteiger partial charge on any atom is -0.353 e. The van der Waals surface area contributed by atoms with Crippen LogP contribution in [0.5, 0.6) is 0 Å². The normalized spacial score (nSPS) is 11.3. The lowest BCUT2D eigenvalue weighted by atomic mass is 10.1. The van der Waals surface area contributed by atoms with E-state index in [4.69, 9.17) is 0 Å². The van der Waals surface area contributed by atoms with Crippen LogP contribution < -0.4 is 5.32 Å². The van der Waals surface area contributed by atoms with Gasteiger partial charge in [-0.15, -0.1) is 5.10 Å². The van der Waals surface area contributed by atoms with Gasteiger partial charge in [0.1, 0.15) is 0 Å². The van der Waals surface area contributed by atoms with Crippen molar-refractivity contribution in [3.63, 3.8) is 0 Å². The van der Waals surface area contributed by atoms with Crippen LogP contribution in [0.1, 0.15) is 13.3 Å². The standard InChI is InChI=1S/C15H15N7/c1-2-4-16-14-18-9-13-12(3-6-22(13)20-14)11-8-19-15-17-5-7-21(15)10-11/h3,5-10H,2,4H2,1H3,(H,16,20). The molecule has 0 aliphatic carbocycles. The Bertz CT molecular complexity index is 937. The van der Waals surface area contributed by atoms with Crippen LogP contribution >= 0.6 is 0 Å². The van der Waals surface area contributed by atoms with Crippen molar-refractivity contribution < 1.29 is 0 Å². The number of imidazole rings is 1. The van der Waals surface area contributed by atoms with Crippen LogP contribution in [0.3, 0.4) is 0 Å². The number of fused-ring (bicyclic) bond motifs is 2. The van der Waals surface area contributed by atoms with Crippen molar-refractivity contribution >= 4 is 17.2 Å². The molecule has 0 unspecified atom stereocenters. The van der Waals surface area contributed by atoms with Crippen molar-refractivity contribution in [1.29, 1.82) is 0 Å². The summed E-state index contributed by atoms with van der Waals surface area (Å²) in [6, 6.07) is 2.02. The minimum atomic E-state index is 0.639. The summed E-state index contributed by atoms with van der Waals surface area (Å²) in [6.45, 7) is 2.97. The topological polar surface area (TPSA) is 72.4 Å². The molecule has 0 bridgehead atoms. The fraction of sp³-hybridized carbons (Fsp3) is 0.200. The van der Waals surface area contributed by atoms with Gasteiger partial charge < -0.3 is 5.32 Å². The van der Waals surface area contributed by atoms with Crippen LogP contribution in [-0.2, 0) is 0 Å². The van der Waals surface area contributed by atoms with Crippen molar-refractivity contribution in [2.24, 2.45) is 0 Å². The number of aromatic nitrogens is 6. The van der Waals surface area contributed by atoms with Crippen LogP contribution in [0.25, 0.3) is 22.4 Å². The molecule has 22 heavy (non-hydrogen) atoms. The summed E-state index contributed by atoms with van der Waals surface area (Å²) in [5.41, 5.74) is 3.00. The highest BCUT2D eigenvalue weighted by Gasteiger charge is 2.09. The number of hydrogen-bond acceptors (Lipinski definition) is 5. The zero-order valence-corrected chi connectivity index (χ0v) is 12.1. The molecule has 4 heterocycles. The Morgan fingerprint density at radius 2 is 2.09 bits per heavy atom. The summed E-state index contributed by atoms with van der Waals surface area (Å²) in [7, 11) is 0. The summed E-state index contributed by atoms with van der Waals surface area (Å²) < 4.78 is 3.73. The first kappa shape index (κ1) is 12.8. The Morgan fingerprint density at radius 1 is 1.14 bits per heavy atom. The van der Waals surface area contributed by atoms with Crippen LogP contribution in [-0.4, -0.2) is 35.5 Å². The van der Waals surface area contributed by atoms with E-state index in [1.54, 1.807) is 6.20 Å². The van der Waals surface area contributed by atoms with E-state index in [0.717, 1.165) is 29.6 Å². The molecule has 0 aliphatic heterocycles. The van der Waals surface area contributed by atoms with E-state index in [-0.39, 0.29) is 0 Å². The molecule has 7 nitrogen and oxygen atoms in total. The highest BCUT2D eigenvalue weighted by Crippen LogP contribution is 2.24. The zero-order chi connectivity index (χ0) is 14.9. The SMILES string of the molecule is CCCNc1ncc2c(-c3cnc4nccn4c3)ccn2n1. The third kappa shape index (κ3) is 2.07. The van der Waals surface area contributed by atoms with E-state index in [1.807, 2.05) is 46.0 Å². The third-order valence-corrected chi connectivity index (χ3v) is 3.51. The molecule has 0 atom stereocenters. The van der Waals surface area contributed by atoms with Gasteiger partial charge in [-0.1, -0.05) is 6.92 Å². The second-order valence-corrected chi connectivity index (χ2v) is 5.04. The van der Waals surface area contributed by atoms with Crippen molar-refractivity contribution in [2.45, 2.75) is 13.3 Å². The van der Waals surface area contributed by atoms with Crippen molar-refractivity contribution in [2.75, 3.05) is 11.9 Å². The lowest BCUT2D eigenvalue weighted by molar-refractivity contribution is 0.877. The molecule has 7 heteroatoms. The molecule has 110 valence electrons. The maximum atomic E-state index is 4.47. The lowest BCUT2D eigenvalue weighted by Crippen LogP contribution is -2.06. The van der Waals surface area contributed by atoms with Gasteiger partial charge in [0.15, 0.2) is 0 Å². The Kier molecular flexibility index (Phi) is 2.96. The Labute approximate surface area is 126 Å². The third-order valence-electron chi connectivity index (χ3n) is 3.51. The highest BCUT2D eigenvalue weighted by molar-refractivity contribution is 5.79. The lowest BCUT2D eigenvalue weighted by Gasteiger charge is -2.04. The monoisotopic (exact) mass is 293 g/mol.